The lowest BCUT2D eigenvalue weighted by atomic mass is 9.79. The molecule has 8 heteroatoms. The summed E-state index contributed by atoms with van der Waals surface area (Å²) < 4.78 is 38.0. The van der Waals surface area contributed by atoms with Gasteiger partial charge in [0.2, 0.25) is 10.0 Å². The van der Waals surface area contributed by atoms with Crippen LogP contribution in [0, 0.1) is 11.3 Å². The molecule has 27 heavy (non-hydrogen) atoms. The summed E-state index contributed by atoms with van der Waals surface area (Å²) in [7, 11) is -4.16. The van der Waals surface area contributed by atoms with Gasteiger partial charge in [0.25, 0.3) is 0 Å². The molecule has 1 heterocycles. The Morgan fingerprint density at radius 3 is 2.15 bits per heavy atom. The van der Waals surface area contributed by atoms with Crippen LogP contribution in [0.15, 0.2) is 78.1 Å². The summed E-state index contributed by atoms with van der Waals surface area (Å²) in [5, 5.41) is 8.77. The van der Waals surface area contributed by atoms with E-state index in [1.165, 1.54) is 24.3 Å². The van der Waals surface area contributed by atoms with Gasteiger partial charge in [0.15, 0.2) is 0 Å². The third-order valence-electron chi connectivity index (χ3n) is 4.06. The molecule has 1 N–H and O–H groups in total. The summed E-state index contributed by atoms with van der Waals surface area (Å²) in [6.45, 7) is 7.65. The molecule has 0 bridgehead atoms. The first-order chi connectivity index (χ1) is 12.9. The molecule has 0 aliphatic carbocycles. The molecular formula is C19H17BN2O4S. The number of sulfonamides is 1. The molecule has 0 unspecified atom stereocenters. The molecule has 0 spiro atoms. The summed E-state index contributed by atoms with van der Waals surface area (Å²) in [6, 6.07) is 15.2. The fraction of sp³-hybridized carbons (Fsp3) is 0.105. The molecule has 0 amide bonds. The van der Waals surface area contributed by atoms with E-state index in [-0.39, 0.29) is 11.4 Å². The number of benzene rings is 2. The monoisotopic (exact) mass is 380 g/mol. The van der Waals surface area contributed by atoms with Crippen LogP contribution in [-0.4, -0.2) is 22.1 Å². The minimum Gasteiger partial charge on any atom is -0.520 e. The fourth-order valence-corrected chi connectivity index (χ4v) is 3.54. The van der Waals surface area contributed by atoms with Gasteiger partial charge in [-0.2, -0.15) is 5.26 Å². The second-order valence-electron chi connectivity index (χ2n) is 5.94. The Bertz CT molecular complexity index is 993. The molecule has 3 rings (SSSR count). The Balaban J connectivity index is 1.56. The van der Waals surface area contributed by atoms with Crippen LogP contribution in [0.3, 0.4) is 0 Å². The van der Waals surface area contributed by atoms with Crippen molar-refractivity contribution in [2.75, 3.05) is 6.54 Å². The molecule has 0 saturated carbocycles. The smallest absolute Gasteiger partial charge is 0.520 e. The summed E-state index contributed by atoms with van der Waals surface area (Å²) in [6.07, 6.45) is 0.529. The van der Waals surface area contributed by atoms with Crippen molar-refractivity contribution in [2.45, 2.75) is 11.3 Å². The molecule has 2 aromatic carbocycles. The zero-order valence-corrected chi connectivity index (χ0v) is 15.3. The van der Waals surface area contributed by atoms with Gasteiger partial charge in [-0.1, -0.05) is 37.4 Å². The van der Waals surface area contributed by atoms with E-state index in [9.17, 15) is 8.42 Å². The van der Waals surface area contributed by atoms with Crippen LogP contribution >= 0.6 is 0 Å². The SMILES string of the molecule is C=C1OB(c2ccc(CCNS(=O)(=O)c3ccc(C#N)cc3)cc2)OC1=C. The molecule has 0 radical (unpaired) electrons. The van der Waals surface area contributed by atoms with Crippen molar-refractivity contribution in [1.82, 2.24) is 4.72 Å². The van der Waals surface area contributed by atoms with Crippen molar-refractivity contribution >= 4 is 22.6 Å². The quantitative estimate of drug-likeness (QED) is 0.773. The number of nitrogens with zero attached hydrogens (tertiary/aromatic N) is 1. The van der Waals surface area contributed by atoms with Crippen LogP contribution < -0.4 is 10.2 Å². The fourth-order valence-electron chi connectivity index (χ4n) is 2.51. The third kappa shape index (κ3) is 4.40. The molecule has 1 aliphatic heterocycles. The maximum absolute atomic E-state index is 12.3. The van der Waals surface area contributed by atoms with Crippen molar-refractivity contribution in [3.63, 3.8) is 0 Å². The summed E-state index contributed by atoms with van der Waals surface area (Å²) in [4.78, 5) is 0.132. The second-order valence-corrected chi connectivity index (χ2v) is 7.71. The van der Waals surface area contributed by atoms with Crippen molar-refractivity contribution in [3.05, 3.63) is 84.3 Å². The van der Waals surface area contributed by atoms with Crippen molar-refractivity contribution in [3.8, 4) is 6.07 Å². The highest BCUT2D eigenvalue weighted by Gasteiger charge is 2.34. The van der Waals surface area contributed by atoms with Crippen LogP contribution in [0.4, 0.5) is 0 Å². The highest BCUT2D eigenvalue weighted by molar-refractivity contribution is 7.89. The maximum Gasteiger partial charge on any atom is 0.632 e. The predicted molar refractivity (Wildman–Crippen MR) is 102 cm³/mol. The average Bonchev–Trinajstić information content (AvgIpc) is 3.01. The van der Waals surface area contributed by atoms with Crippen LogP contribution in [0.25, 0.3) is 0 Å². The van der Waals surface area contributed by atoms with Crippen LogP contribution in [0.2, 0.25) is 0 Å². The van der Waals surface area contributed by atoms with Gasteiger partial charge in [-0.05, 0) is 36.2 Å². The molecule has 136 valence electrons. The normalized spacial score (nSPS) is 13.8. The predicted octanol–water partition coefficient (Wildman–Crippen LogP) is 1.85. The van der Waals surface area contributed by atoms with E-state index < -0.39 is 17.1 Å². The van der Waals surface area contributed by atoms with Gasteiger partial charge in [0.1, 0.15) is 11.5 Å². The topological polar surface area (TPSA) is 88.4 Å². The van der Waals surface area contributed by atoms with Gasteiger partial charge in [-0.25, -0.2) is 13.1 Å². The summed E-state index contributed by atoms with van der Waals surface area (Å²) >= 11 is 0. The van der Waals surface area contributed by atoms with Gasteiger partial charge in [-0.15, -0.1) is 0 Å². The first-order valence-electron chi connectivity index (χ1n) is 8.19. The third-order valence-corrected chi connectivity index (χ3v) is 5.54. The van der Waals surface area contributed by atoms with E-state index in [1.807, 2.05) is 30.3 Å². The lowest BCUT2D eigenvalue weighted by Gasteiger charge is -2.08. The van der Waals surface area contributed by atoms with Crippen molar-refractivity contribution in [2.24, 2.45) is 0 Å². The second kappa shape index (κ2) is 7.70. The Morgan fingerprint density at radius 1 is 1.00 bits per heavy atom. The Morgan fingerprint density at radius 2 is 1.59 bits per heavy atom. The average molecular weight is 380 g/mol. The number of hydrogen-bond acceptors (Lipinski definition) is 5. The van der Waals surface area contributed by atoms with Gasteiger partial charge in [0.05, 0.1) is 16.5 Å². The zero-order valence-electron chi connectivity index (χ0n) is 14.5. The molecule has 0 aromatic heterocycles. The molecule has 2 aromatic rings. The Kier molecular flexibility index (Phi) is 5.35. The maximum atomic E-state index is 12.3. The highest BCUT2D eigenvalue weighted by atomic mass is 32.2. The molecule has 1 fully saturated rings. The number of nitriles is 1. The molecule has 1 aliphatic rings. The van der Waals surface area contributed by atoms with Gasteiger partial charge in [0, 0.05) is 12.0 Å². The van der Waals surface area contributed by atoms with E-state index in [1.54, 1.807) is 0 Å². The Hall–Kier alpha value is -3.02. The van der Waals surface area contributed by atoms with Crippen LogP contribution in [-0.2, 0) is 25.8 Å². The number of nitrogens with one attached hydrogen (secondary N) is 1. The zero-order chi connectivity index (χ0) is 19.4. The first kappa shape index (κ1) is 18.8. The minimum atomic E-state index is -3.61. The van der Waals surface area contributed by atoms with Crippen LogP contribution in [0.1, 0.15) is 11.1 Å². The van der Waals surface area contributed by atoms with Crippen molar-refractivity contribution in [1.29, 1.82) is 5.26 Å². The highest BCUT2D eigenvalue weighted by Crippen LogP contribution is 2.20. The van der Waals surface area contributed by atoms with E-state index in [0.29, 0.717) is 23.5 Å². The van der Waals surface area contributed by atoms with Crippen LogP contribution in [0.5, 0.6) is 0 Å². The van der Waals surface area contributed by atoms with E-state index >= 15 is 0 Å². The lowest BCUT2D eigenvalue weighted by Crippen LogP contribution is -2.31. The largest absolute Gasteiger partial charge is 0.632 e. The summed E-state index contributed by atoms with van der Waals surface area (Å²) in [5.74, 6) is 0.836. The van der Waals surface area contributed by atoms with Gasteiger partial charge >= 0.3 is 7.12 Å². The standard InChI is InChI=1S/C19H17BN2O4S/c1-14-15(2)26-20(25-14)18-7-3-16(4-8-18)11-12-22-27(23,24)19-9-5-17(13-21)6-10-19/h3-10,22H,1-2,11-12H2. The minimum absolute atomic E-state index is 0.132. The van der Waals surface area contributed by atoms with E-state index in [0.717, 1.165) is 11.0 Å². The Labute approximate surface area is 158 Å². The van der Waals surface area contributed by atoms with Gasteiger partial charge < -0.3 is 9.31 Å². The summed E-state index contributed by atoms with van der Waals surface area (Å²) in [5.41, 5.74) is 2.21. The van der Waals surface area contributed by atoms with E-state index in [4.69, 9.17) is 14.6 Å². The van der Waals surface area contributed by atoms with Gasteiger partial charge in [-0.3, -0.25) is 0 Å². The molecule has 0 atom stereocenters. The molecular weight excluding hydrogens is 363 g/mol. The van der Waals surface area contributed by atoms with Crippen molar-refractivity contribution < 1.29 is 17.7 Å². The number of hydrogen-bond donors (Lipinski definition) is 1. The molecule has 6 nitrogen and oxygen atoms in total. The lowest BCUT2D eigenvalue weighted by molar-refractivity contribution is 0.431. The first-order valence-corrected chi connectivity index (χ1v) is 9.67. The van der Waals surface area contributed by atoms with E-state index in [2.05, 4.69) is 17.9 Å². The number of rotatable bonds is 6. The molecule has 1 saturated heterocycles.